The standard InChI is InChI=1S/C7H9F3O7S/c1-2-5(11)16-3-4(6(12)13)17-18(14,15)7(8,9)10/h4H,2-3H2,1H3,(H,12,13). The van der Waals surface area contributed by atoms with E-state index in [1.165, 1.54) is 6.92 Å². The molecule has 0 aromatic rings. The Morgan fingerprint density at radius 3 is 2.17 bits per heavy atom. The number of hydrogen-bond donors (Lipinski definition) is 1. The zero-order valence-electron chi connectivity index (χ0n) is 8.93. The second-order valence-electron chi connectivity index (χ2n) is 2.86. The summed E-state index contributed by atoms with van der Waals surface area (Å²) in [6, 6.07) is 0. The Balaban J connectivity index is 4.76. The fourth-order valence-electron chi connectivity index (χ4n) is 0.618. The van der Waals surface area contributed by atoms with Crippen molar-refractivity contribution in [1.82, 2.24) is 0 Å². The fraction of sp³-hybridized carbons (Fsp3) is 0.714. The summed E-state index contributed by atoms with van der Waals surface area (Å²) >= 11 is 0. The Bertz CT molecular complexity index is 413. The summed E-state index contributed by atoms with van der Waals surface area (Å²) in [7, 11) is -6.07. The van der Waals surface area contributed by atoms with Gasteiger partial charge in [-0.15, -0.1) is 0 Å². The Kier molecular flexibility index (Phi) is 5.55. The smallest absolute Gasteiger partial charge is 0.479 e. The molecule has 18 heavy (non-hydrogen) atoms. The van der Waals surface area contributed by atoms with E-state index in [0.717, 1.165) is 0 Å². The molecule has 1 atom stereocenters. The molecule has 0 radical (unpaired) electrons. The summed E-state index contributed by atoms with van der Waals surface area (Å²) in [6.07, 6.45) is -2.61. The van der Waals surface area contributed by atoms with E-state index in [4.69, 9.17) is 5.11 Å². The van der Waals surface area contributed by atoms with Gasteiger partial charge in [-0.2, -0.15) is 21.6 Å². The summed E-state index contributed by atoms with van der Waals surface area (Å²) in [5, 5.41) is 8.44. The molecule has 0 aliphatic rings. The molecule has 0 aliphatic heterocycles. The minimum atomic E-state index is -6.07. The van der Waals surface area contributed by atoms with Crippen molar-refractivity contribution in [3.8, 4) is 0 Å². The van der Waals surface area contributed by atoms with Crippen molar-refractivity contribution in [2.75, 3.05) is 6.61 Å². The zero-order valence-corrected chi connectivity index (χ0v) is 9.75. The van der Waals surface area contributed by atoms with Crippen LogP contribution < -0.4 is 0 Å². The quantitative estimate of drug-likeness (QED) is 0.425. The number of carbonyl (C=O) groups is 2. The van der Waals surface area contributed by atoms with Gasteiger partial charge in [0.2, 0.25) is 6.10 Å². The average Bonchev–Trinajstić information content (AvgIpc) is 2.21. The first-order valence-electron chi connectivity index (χ1n) is 4.39. The maximum absolute atomic E-state index is 11.9. The van der Waals surface area contributed by atoms with Crippen LogP contribution in [0.15, 0.2) is 0 Å². The van der Waals surface area contributed by atoms with Gasteiger partial charge in [-0.3, -0.25) is 4.79 Å². The first-order valence-corrected chi connectivity index (χ1v) is 5.80. The van der Waals surface area contributed by atoms with Crippen molar-refractivity contribution >= 4 is 22.1 Å². The number of rotatable bonds is 6. The first-order chi connectivity index (χ1) is 8.01. The van der Waals surface area contributed by atoms with E-state index in [1.54, 1.807) is 0 Å². The molecule has 0 aliphatic carbocycles. The lowest BCUT2D eigenvalue weighted by atomic mass is 10.4. The Morgan fingerprint density at radius 2 is 1.83 bits per heavy atom. The number of carbonyl (C=O) groups excluding carboxylic acids is 1. The SMILES string of the molecule is CCC(=O)OCC(OS(=O)(=O)C(F)(F)F)C(=O)O. The number of carboxylic acids is 1. The molecule has 7 nitrogen and oxygen atoms in total. The van der Waals surface area contributed by atoms with Crippen LogP contribution >= 0.6 is 0 Å². The highest BCUT2D eigenvalue weighted by molar-refractivity contribution is 7.87. The first kappa shape index (κ1) is 16.6. The van der Waals surface area contributed by atoms with Crippen LogP contribution in [0.4, 0.5) is 13.2 Å². The summed E-state index contributed by atoms with van der Waals surface area (Å²) in [5.74, 6) is -2.92. The molecule has 1 unspecified atom stereocenters. The largest absolute Gasteiger partial charge is 0.523 e. The van der Waals surface area contributed by atoms with Gasteiger partial charge in [-0.05, 0) is 0 Å². The van der Waals surface area contributed by atoms with Gasteiger partial charge in [0.1, 0.15) is 6.61 Å². The highest BCUT2D eigenvalue weighted by Gasteiger charge is 2.49. The number of esters is 1. The Labute approximate surface area is 99.6 Å². The van der Waals surface area contributed by atoms with Crippen LogP contribution in [0.1, 0.15) is 13.3 Å². The molecular formula is C7H9F3O7S. The fourth-order valence-corrected chi connectivity index (χ4v) is 1.17. The third kappa shape index (κ3) is 4.87. The van der Waals surface area contributed by atoms with Gasteiger partial charge < -0.3 is 9.84 Å². The Morgan fingerprint density at radius 1 is 1.33 bits per heavy atom. The molecule has 0 aromatic carbocycles. The summed E-state index contributed by atoms with van der Waals surface area (Å²) < 4.78 is 64.4. The third-order valence-electron chi connectivity index (χ3n) is 1.49. The predicted molar refractivity (Wildman–Crippen MR) is 48.7 cm³/mol. The maximum Gasteiger partial charge on any atom is 0.523 e. The third-order valence-corrected chi connectivity index (χ3v) is 2.54. The molecular weight excluding hydrogens is 285 g/mol. The van der Waals surface area contributed by atoms with Crippen LogP contribution in [0.5, 0.6) is 0 Å². The van der Waals surface area contributed by atoms with Crippen LogP contribution in [-0.2, 0) is 28.6 Å². The molecule has 0 aromatic heterocycles. The predicted octanol–water partition coefficient (Wildman–Crippen LogP) is 0.259. The van der Waals surface area contributed by atoms with E-state index >= 15 is 0 Å². The van der Waals surface area contributed by atoms with Crippen molar-refractivity contribution < 1.29 is 45.2 Å². The van der Waals surface area contributed by atoms with Crippen molar-refractivity contribution in [1.29, 1.82) is 0 Å². The average molecular weight is 294 g/mol. The minimum Gasteiger partial charge on any atom is -0.479 e. The van der Waals surface area contributed by atoms with Crippen LogP contribution in [0, 0.1) is 0 Å². The lowest BCUT2D eigenvalue weighted by molar-refractivity contribution is -0.155. The molecule has 0 saturated carbocycles. The molecule has 0 heterocycles. The molecule has 0 spiro atoms. The van der Waals surface area contributed by atoms with Gasteiger partial charge in [-0.1, -0.05) is 6.92 Å². The normalized spacial score (nSPS) is 14.0. The summed E-state index contributed by atoms with van der Waals surface area (Å²) in [5.41, 5.74) is -5.75. The molecule has 0 rings (SSSR count). The molecule has 106 valence electrons. The van der Waals surface area contributed by atoms with Gasteiger partial charge in [0.25, 0.3) is 0 Å². The van der Waals surface area contributed by atoms with Crippen LogP contribution in [0.2, 0.25) is 0 Å². The monoisotopic (exact) mass is 294 g/mol. The van der Waals surface area contributed by atoms with Crippen molar-refractivity contribution in [3.63, 3.8) is 0 Å². The number of alkyl halides is 3. The number of aliphatic carboxylic acids is 1. The second kappa shape index (κ2) is 6.00. The van der Waals surface area contributed by atoms with Gasteiger partial charge in [-0.25, -0.2) is 8.98 Å². The van der Waals surface area contributed by atoms with Crippen LogP contribution in [0.3, 0.4) is 0 Å². The van der Waals surface area contributed by atoms with Crippen LogP contribution in [-0.4, -0.2) is 43.7 Å². The van der Waals surface area contributed by atoms with E-state index in [2.05, 4.69) is 8.92 Å². The summed E-state index contributed by atoms with van der Waals surface area (Å²) in [6.45, 7) is 0.211. The van der Waals surface area contributed by atoms with E-state index < -0.39 is 40.3 Å². The van der Waals surface area contributed by atoms with Crippen molar-refractivity contribution in [3.05, 3.63) is 0 Å². The van der Waals surface area contributed by atoms with Crippen molar-refractivity contribution in [2.24, 2.45) is 0 Å². The lowest BCUT2D eigenvalue weighted by Gasteiger charge is -2.14. The number of halogens is 3. The molecule has 0 bridgehead atoms. The molecule has 0 saturated heterocycles. The minimum absolute atomic E-state index is 0.154. The second-order valence-corrected chi connectivity index (χ2v) is 4.42. The van der Waals surface area contributed by atoms with Gasteiger partial charge >= 0.3 is 27.6 Å². The number of ether oxygens (including phenoxy) is 1. The van der Waals surface area contributed by atoms with Crippen molar-refractivity contribution in [2.45, 2.75) is 25.0 Å². The molecule has 11 heteroatoms. The summed E-state index contributed by atoms with van der Waals surface area (Å²) in [4.78, 5) is 21.1. The molecule has 0 fully saturated rings. The van der Waals surface area contributed by atoms with E-state index in [-0.39, 0.29) is 6.42 Å². The molecule has 1 N–H and O–H groups in total. The van der Waals surface area contributed by atoms with Gasteiger partial charge in [0.15, 0.2) is 0 Å². The van der Waals surface area contributed by atoms with Gasteiger partial charge in [0.05, 0.1) is 0 Å². The highest BCUT2D eigenvalue weighted by Crippen LogP contribution is 2.25. The zero-order chi connectivity index (χ0) is 14.6. The van der Waals surface area contributed by atoms with E-state index in [1.807, 2.05) is 0 Å². The van der Waals surface area contributed by atoms with Gasteiger partial charge in [0, 0.05) is 6.42 Å². The number of hydrogen-bond acceptors (Lipinski definition) is 6. The van der Waals surface area contributed by atoms with Crippen LogP contribution in [0.25, 0.3) is 0 Å². The lowest BCUT2D eigenvalue weighted by Crippen LogP contribution is -2.37. The van der Waals surface area contributed by atoms with E-state index in [9.17, 15) is 31.2 Å². The number of carboxylic acid groups (broad SMARTS) is 1. The van der Waals surface area contributed by atoms with E-state index in [0.29, 0.717) is 0 Å². The Hall–Kier alpha value is -1.36. The maximum atomic E-state index is 11.9. The highest BCUT2D eigenvalue weighted by atomic mass is 32.2. The topological polar surface area (TPSA) is 107 Å². The molecule has 0 amide bonds.